The molecule has 7 rings (SSSR count). The number of amides is 2. The highest BCUT2D eigenvalue weighted by atomic mass is 16.2. The molecule has 2 amide bonds. The minimum absolute atomic E-state index is 0.0179. The van der Waals surface area contributed by atoms with Crippen LogP contribution in [0.3, 0.4) is 0 Å². The summed E-state index contributed by atoms with van der Waals surface area (Å²) in [4.78, 5) is 47.1. The molecule has 2 saturated heterocycles. The first-order valence-electron chi connectivity index (χ1n) is 17.6. The van der Waals surface area contributed by atoms with Gasteiger partial charge in [-0.15, -0.1) is 0 Å². The van der Waals surface area contributed by atoms with E-state index >= 15 is 0 Å². The van der Waals surface area contributed by atoms with Crippen molar-refractivity contribution in [2.45, 2.75) is 65.0 Å². The first kappa shape index (κ1) is 32.7. The molecule has 1 N–H and O–H groups in total. The van der Waals surface area contributed by atoms with E-state index < -0.39 is 0 Å². The number of pyridine rings is 1. The van der Waals surface area contributed by atoms with E-state index in [-0.39, 0.29) is 34.7 Å². The van der Waals surface area contributed by atoms with Crippen molar-refractivity contribution in [3.05, 3.63) is 123 Å². The number of hydrogen-bond donors (Lipinski definition) is 1. The van der Waals surface area contributed by atoms with Crippen LogP contribution in [0.4, 0.5) is 17.1 Å². The van der Waals surface area contributed by atoms with Crippen LogP contribution in [0.1, 0.15) is 77.6 Å². The number of benzene rings is 3. The number of carbonyl (C=O) groups excluding carboxylic acids is 2. The minimum Gasteiger partial charge on any atom is -0.369 e. The van der Waals surface area contributed by atoms with E-state index in [4.69, 9.17) is 0 Å². The number of nitrogens with zero attached hydrogens (tertiary/aromatic N) is 4. The Morgan fingerprint density at radius 1 is 0.816 bits per heavy atom. The summed E-state index contributed by atoms with van der Waals surface area (Å²) in [6, 6.07) is 27.8. The van der Waals surface area contributed by atoms with Gasteiger partial charge >= 0.3 is 0 Å². The molecule has 0 saturated carbocycles. The van der Waals surface area contributed by atoms with Crippen LogP contribution in [0.15, 0.2) is 89.7 Å². The zero-order valence-electron chi connectivity index (χ0n) is 29.3. The lowest BCUT2D eigenvalue weighted by atomic mass is 9.83. The van der Waals surface area contributed by atoms with Crippen molar-refractivity contribution < 1.29 is 9.59 Å². The first-order valence-corrected chi connectivity index (χ1v) is 17.6. The maximum absolute atomic E-state index is 14.0. The first-order chi connectivity index (χ1) is 23.4. The molecule has 2 fully saturated rings. The van der Waals surface area contributed by atoms with Crippen molar-refractivity contribution in [2.75, 3.05) is 47.8 Å². The molecule has 3 aliphatic rings. The quantitative estimate of drug-likeness (QED) is 0.259. The Hall–Kier alpha value is -4.85. The number of piperidine rings is 1. The van der Waals surface area contributed by atoms with Gasteiger partial charge in [-0.3, -0.25) is 14.4 Å². The van der Waals surface area contributed by atoms with Crippen LogP contribution in [0.2, 0.25) is 0 Å². The van der Waals surface area contributed by atoms with Crippen LogP contribution in [0.25, 0.3) is 0 Å². The van der Waals surface area contributed by atoms with E-state index in [0.717, 1.165) is 43.0 Å². The van der Waals surface area contributed by atoms with Crippen molar-refractivity contribution in [2.24, 2.45) is 5.92 Å². The normalized spacial score (nSPS) is 20.5. The largest absolute Gasteiger partial charge is 0.369 e. The fraction of sp³-hybridized carbons (Fsp3) is 0.390. The van der Waals surface area contributed by atoms with Gasteiger partial charge in [-0.2, -0.15) is 0 Å². The van der Waals surface area contributed by atoms with Crippen molar-refractivity contribution in [3.8, 4) is 0 Å². The average Bonchev–Trinajstić information content (AvgIpc) is 3.08. The van der Waals surface area contributed by atoms with E-state index in [0.29, 0.717) is 42.4 Å². The minimum atomic E-state index is -0.208. The van der Waals surface area contributed by atoms with Crippen molar-refractivity contribution in [1.29, 1.82) is 0 Å². The van der Waals surface area contributed by atoms with Gasteiger partial charge in [0, 0.05) is 79.8 Å². The van der Waals surface area contributed by atoms with Gasteiger partial charge in [0.25, 0.3) is 17.4 Å². The predicted octanol–water partition coefficient (Wildman–Crippen LogP) is 6.68. The predicted molar refractivity (Wildman–Crippen MR) is 197 cm³/mol. The van der Waals surface area contributed by atoms with Gasteiger partial charge in [-0.1, -0.05) is 51.1 Å². The van der Waals surface area contributed by atoms with Gasteiger partial charge in [0.2, 0.25) is 0 Å². The highest BCUT2D eigenvalue weighted by Gasteiger charge is 2.36. The zero-order valence-corrected chi connectivity index (χ0v) is 29.3. The average molecular weight is 658 g/mol. The number of piperazine rings is 1. The van der Waals surface area contributed by atoms with E-state index in [1.54, 1.807) is 6.07 Å². The lowest BCUT2D eigenvalue weighted by Crippen LogP contribution is -2.53. The Morgan fingerprint density at radius 2 is 1.57 bits per heavy atom. The summed E-state index contributed by atoms with van der Waals surface area (Å²) >= 11 is 0. The number of aryl methyl sites for hydroxylation is 1. The molecule has 3 aliphatic heterocycles. The molecule has 0 radical (unpaired) electrons. The van der Waals surface area contributed by atoms with E-state index in [1.807, 2.05) is 58.0 Å². The molecule has 0 aliphatic carbocycles. The molecule has 0 spiro atoms. The molecule has 8 nitrogen and oxygen atoms in total. The third kappa shape index (κ3) is 6.61. The maximum atomic E-state index is 14.0. The molecule has 4 aromatic rings. The lowest BCUT2D eigenvalue weighted by molar-refractivity contribution is 0.0726. The smallest absolute Gasteiger partial charge is 0.255 e. The molecule has 4 heterocycles. The van der Waals surface area contributed by atoms with Crippen LogP contribution < -0.4 is 20.7 Å². The molecule has 49 heavy (non-hydrogen) atoms. The number of hydrogen-bond acceptors (Lipinski definition) is 5. The van der Waals surface area contributed by atoms with E-state index in [1.165, 1.54) is 11.3 Å². The molecule has 3 atom stereocenters. The third-order valence-electron chi connectivity index (χ3n) is 10.6. The van der Waals surface area contributed by atoms with Gasteiger partial charge < -0.3 is 24.6 Å². The molecule has 2 bridgehead atoms. The highest BCUT2D eigenvalue weighted by Crippen LogP contribution is 2.40. The summed E-state index contributed by atoms with van der Waals surface area (Å²) < 4.78 is 1.93. The van der Waals surface area contributed by atoms with Crippen LogP contribution in [-0.4, -0.2) is 60.0 Å². The summed E-state index contributed by atoms with van der Waals surface area (Å²) in [6.07, 6.45) is 1.03. The number of carbonyl (C=O) groups is 2. The number of nitrogens with one attached hydrogen (secondary N) is 1. The summed E-state index contributed by atoms with van der Waals surface area (Å²) in [5.74, 6) is 0.284. The van der Waals surface area contributed by atoms with Crippen molar-refractivity contribution in [1.82, 2.24) is 9.47 Å². The second-order valence-corrected chi connectivity index (χ2v) is 15.2. The summed E-state index contributed by atoms with van der Waals surface area (Å²) in [6.45, 7) is 14.9. The molecule has 0 unspecified atom stereocenters. The van der Waals surface area contributed by atoms with Crippen LogP contribution in [0, 0.1) is 12.8 Å². The fourth-order valence-corrected chi connectivity index (χ4v) is 7.97. The maximum Gasteiger partial charge on any atom is 0.255 e. The SMILES string of the molecule is Cc1cccc(N2CCN(C(=O)c3ccc(N4C[C@H]5C[C@@H](C4)c4cccc(=O)n4C5)c(NC(=O)c4ccc(C(C)(C)C)cc4)c3)C[C@H]2C)c1. The lowest BCUT2D eigenvalue weighted by Gasteiger charge is -2.44. The van der Waals surface area contributed by atoms with E-state index in [2.05, 4.69) is 80.1 Å². The van der Waals surface area contributed by atoms with Crippen molar-refractivity contribution in [3.63, 3.8) is 0 Å². The van der Waals surface area contributed by atoms with Crippen LogP contribution in [0.5, 0.6) is 0 Å². The molecule has 3 aromatic carbocycles. The zero-order chi connectivity index (χ0) is 34.4. The standard InChI is InChI=1S/C41H47N5O3/c1-27-8-6-9-34(20-27)45-19-18-43(23-28(45)2)40(49)31-14-17-37(35(22-31)42-39(48)30-12-15-33(16-13-30)41(3,4)5)44-24-29-21-32(26-44)36-10-7-11-38(47)46(36)25-29/h6-17,20,22,28-29,32H,18-19,21,23-26H2,1-5H3,(H,42,48)/t28-,29-,32+/m1/s1. The monoisotopic (exact) mass is 657 g/mol. The number of fused-ring (bicyclic) bond motifs is 4. The Balaban J connectivity index is 1.17. The van der Waals surface area contributed by atoms with Gasteiger partial charge in [-0.05, 0) is 91.3 Å². The topological polar surface area (TPSA) is 77.9 Å². The Labute approximate surface area is 289 Å². The molecule has 8 heteroatoms. The molecular formula is C41H47N5O3. The summed E-state index contributed by atoms with van der Waals surface area (Å²) in [7, 11) is 0. The third-order valence-corrected chi connectivity index (χ3v) is 10.6. The summed E-state index contributed by atoms with van der Waals surface area (Å²) in [5.41, 5.74) is 7.34. The summed E-state index contributed by atoms with van der Waals surface area (Å²) in [5, 5.41) is 3.20. The van der Waals surface area contributed by atoms with Crippen LogP contribution >= 0.6 is 0 Å². The van der Waals surface area contributed by atoms with Crippen molar-refractivity contribution >= 4 is 28.9 Å². The molecule has 1 aromatic heterocycles. The highest BCUT2D eigenvalue weighted by molar-refractivity contribution is 6.07. The second-order valence-electron chi connectivity index (χ2n) is 15.2. The Morgan fingerprint density at radius 3 is 2.31 bits per heavy atom. The Bertz CT molecular complexity index is 1940. The second kappa shape index (κ2) is 12.9. The Kier molecular flexibility index (Phi) is 8.59. The van der Waals surface area contributed by atoms with Crippen LogP contribution in [-0.2, 0) is 12.0 Å². The molecule has 254 valence electrons. The number of anilines is 3. The number of rotatable bonds is 5. The van der Waals surface area contributed by atoms with Gasteiger partial charge in [0.1, 0.15) is 0 Å². The van der Waals surface area contributed by atoms with E-state index in [9.17, 15) is 14.4 Å². The number of aromatic nitrogens is 1. The van der Waals surface area contributed by atoms with Gasteiger partial charge in [0.15, 0.2) is 0 Å². The fourth-order valence-electron chi connectivity index (χ4n) is 7.97. The van der Waals surface area contributed by atoms with Gasteiger partial charge in [0.05, 0.1) is 11.4 Å². The molecular weight excluding hydrogens is 610 g/mol. The van der Waals surface area contributed by atoms with Gasteiger partial charge in [-0.25, -0.2) is 0 Å².